The second-order valence-corrected chi connectivity index (χ2v) is 3.42. The average molecular weight is 249 g/mol. The Hall–Kier alpha value is -0.100. The van der Waals surface area contributed by atoms with Crippen molar-refractivity contribution in [3.05, 3.63) is 15.0 Å². The van der Waals surface area contributed by atoms with Crippen LogP contribution in [0.5, 0.6) is 0 Å². The molecule has 0 radical (unpaired) electrons. The quantitative estimate of drug-likeness (QED) is 0.663. The highest BCUT2D eigenvalue weighted by molar-refractivity contribution is 14.1. The van der Waals surface area contributed by atoms with Crippen LogP contribution in [0.1, 0.15) is 11.3 Å². The Kier molecular flexibility index (Phi) is 1.65. The lowest BCUT2D eigenvalue weighted by Crippen LogP contribution is -2.23. The molecular weight excluding hydrogens is 241 g/mol. The molecule has 1 aliphatic rings. The van der Waals surface area contributed by atoms with Crippen molar-refractivity contribution in [2.24, 2.45) is 0 Å². The summed E-state index contributed by atoms with van der Waals surface area (Å²) in [6.07, 6.45) is 1.09. The minimum absolute atomic E-state index is 0.976. The number of H-pyrrole nitrogens is 1. The summed E-state index contributed by atoms with van der Waals surface area (Å²) in [5.74, 6) is 0. The van der Waals surface area contributed by atoms with Crippen molar-refractivity contribution in [3.8, 4) is 0 Å². The zero-order valence-corrected chi connectivity index (χ0v) is 7.60. The number of hydrogen-bond donors (Lipinski definition) is 2. The lowest BCUT2D eigenvalue weighted by atomic mass is 10.1. The third kappa shape index (κ3) is 0.950. The monoisotopic (exact) mass is 249 g/mol. The van der Waals surface area contributed by atoms with Gasteiger partial charge in [-0.05, 0) is 22.6 Å². The summed E-state index contributed by atoms with van der Waals surface area (Å²) >= 11 is 2.26. The number of aromatic nitrogens is 2. The first-order chi connectivity index (χ1) is 4.88. The highest BCUT2D eigenvalue weighted by Crippen LogP contribution is 2.15. The zero-order valence-electron chi connectivity index (χ0n) is 5.45. The molecule has 2 N–H and O–H groups in total. The Morgan fingerprint density at radius 3 is 3.20 bits per heavy atom. The molecule has 3 nitrogen and oxygen atoms in total. The molecule has 2 rings (SSSR count). The molecule has 0 aromatic carbocycles. The predicted molar refractivity (Wildman–Crippen MR) is 46.7 cm³/mol. The number of halogens is 1. The molecule has 2 heterocycles. The van der Waals surface area contributed by atoms with Gasteiger partial charge in [-0.25, -0.2) is 0 Å². The van der Waals surface area contributed by atoms with Gasteiger partial charge in [-0.1, -0.05) is 0 Å². The maximum atomic E-state index is 4.12. The summed E-state index contributed by atoms with van der Waals surface area (Å²) < 4.78 is 1.11. The fourth-order valence-corrected chi connectivity index (χ4v) is 1.83. The Labute approximate surface area is 72.7 Å². The summed E-state index contributed by atoms with van der Waals surface area (Å²) in [7, 11) is 0. The van der Waals surface area contributed by atoms with Crippen LogP contribution in [0, 0.1) is 3.70 Å². The zero-order chi connectivity index (χ0) is 6.97. The first-order valence-corrected chi connectivity index (χ1v) is 4.38. The van der Waals surface area contributed by atoms with Gasteiger partial charge in [0.05, 0.1) is 0 Å². The molecule has 0 saturated carbocycles. The largest absolute Gasteiger partial charge is 0.312 e. The lowest BCUT2D eigenvalue weighted by Gasteiger charge is -2.10. The molecule has 0 saturated heterocycles. The number of nitrogens with zero attached hydrogens (tertiary/aromatic N) is 1. The van der Waals surface area contributed by atoms with E-state index in [1.54, 1.807) is 0 Å². The Morgan fingerprint density at radius 1 is 1.50 bits per heavy atom. The van der Waals surface area contributed by atoms with E-state index in [0.29, 0.717) is 0 Å². The van der Waals surface area contributed by atoms with Gasteiger partial charge in [-0.2, -0.15) is 5.10 Å². The van der Waals surface area contributed by atoms with Gasteiger partial charge >= 0.3 is 0 Å². The summed E-state index contributed by atoms with van der Waals surface area (Å²) in [5.41, 5.74) is 2.66. The van der Waals surface area contributed by atoms with Gasteiger partial charge < -0.3 is 5.32 Å². The van der Waals surface area contributed by atoms with Gasteiger partial charge in [-0.3, -0.25) is 5.10 Å². The average Bonchev–Trinajstić information content (AvgIpc) is 2.34. The first kappa shape index (κ1) is 6.60. The van der Waals surface area contributed by atoms with E-state index < -0.39 is 0 Å². The lowest BCUT2D eigenvalue weighted by molar-refractivity contribution is 0.635. The minimum atomic E-state index is 0.976. The summed E-state index contributed by atoms with van der Waals surface area (Å²) in [4.78, 5) is 0. The molecule has 0 spiro atoms. The summed E-state index contributed by atoms with van der Waals surface area (Å²) in [6, 6.07) is 0. The Balaban J connectivity index is 2.45. The van der Waals surface area contributed by atoms with Crippen LogP contribution in [0.15, 0.2) is 0 Å². The van der Waals surface area contributed by atoms with Crippen molar-refractivity contribution >= 4 is 22.6 Å². The number of hydrogen-bond acceptors (Lipinski definition) is 2. The van der Waals surface area contributed by atoms with Crippen LogP contribution in [0.25, 0.3) is 0 Å². The van der Waals surface area contributed by atoms with Crippen molar-refractivity contribution < 1.29 is 0 Å². The number of aromatic amines is 1. The molecule has 0 unspecified atom stereocenters. The van der Waals surface area contributed by atoms with Crippen molar-refractivity contribution in [1.82, 2.24) is 15.5 Å². The second-order valence-electron chi connectivity index (χ2n) is 2.40. The molecule has 1 aromatic rings. The smallest absolute Gasteiger partial charge is 0.127 e. The van der Waals surface area contributed by atoms with E-state index >= 15 is 0 Å². The van der Waals surface area contributed by atoms with Crippen LogP contribution in [0.3, 0.4) is 0 Å². The van der Waals surface area contributed by atoms with E-state index in [9.17, 15) is 0 Å². The predicted octanol–water partition coefficient (Wildman–Crippen LogP) is 0.660. The number of nitrogens with one attached hydrogen (secondary N) is 2. The van der Waals surface area contributed by atoms with Gasteiger partial charge in [0.15, 0.2) is 0 Å². The van der Waals surface area contributed by atoms with Crippen molar-refractivity contribution in [3.63, 3.8) is 0 Å². The molecule has 0 bridgehead atoms. The molecule has 0 aliphatic carbocycles. The third-order valence-electron chi connectivity index (χ3n) is 1.76. The topological polar surface area (TPSA) is 40.7 Å². The molecule has 0 fully saturated rings. The van der Waals surface area contributed by atoms with E-state index in [0.717, 1.165) is 23.2 Å². The van der Waals surface area contributed by atoms with Crippen LogP contribution in [0.2, 0.25) is 0 Å². The van der Waals surface area contributed by atoms with Crippen LogP contribution in [-0.2, 0) is 13.0 Å². The molecule has 10 heavy (non-hydrogen) atoms. The van der Waals surface area contributed by atoms with E-state index in [-0.39, 0.29) is 0 Å². The SMILES string of the molecule is Ic1n[nH]c2c1CNCC2. The van der Waals surface area contributed by atoms with Crippen LogP contribution in [-0.4, -0.2) is 16.7 Å². The highest BCUT2D eigenvalue weighted by atomic mass is 127. The third-order valence-corrected chi connectivity index (χ3v) is 2.65. The minimum Gasteiger partial charge on any atom is -0.312 e. The Morgan fingerprint density at radius 2 is 2.40 bits per heavy atom. The standard InChI is InChI=1S/C6H8IN3/c7-6-4-3-8-2-1-5(4)9-10-6/h8H,1-3H2,(H,9,10). The molecule has 0 amide bonds. The van der Waals surface area contributed by atoms with Crippen LogP contribution in [0.4, 0.5) is 0 Å². The molecule has 0 atom stereocenters. The van der Waals surface area contributed by atoms with Crippen molar-refractivity contribution in [2.75, 3.05) is 6.54 Å². The van der Waals surface area contributed by atoms with Gasteiger partial charge in [-0.15, -0.1) is 0 Å². The molecule has 54 valence electrons. The summed E-state index contributed by atoms with van der Waals surface area (Å²) in [5, 5.41) is 10.5. The second kappa shape index (κ2) is 2.50. The number of rotatable bonds is 0. The molecule has 4 heteroatoms. The van der Waals surface area contributed by atoms with Crippen LogP contribution >= 0.6 is 22.6 Å². The number of fused-ring (bicyclic) bond motifs is 1. The fraction of sp³-hybridized carbons (Fsp3) is 0.500. The Bertz CT molecular complexity index is 243. The van der Waals surface area contributed by atoms with Crippen molar-refractivity contribution in [1.29, 1.82) is 0 Å². The van der Waals surface area contributed by atoms with E-state index in [2.05, 4.69) is 38.1 Å². The first-order valence-electron chi connectivity index (χ1n) is 3.30. The van der Waals surface area contributed by atoms with Gasteiger partial charge in [0.2, 0.25) is 0 Å². The molecule has 1 aliphatic heterocycles. The van der Waals surface area contributed by atoms with E-state index in [4.69, 9.17) is 0 Å². The fourth-order valence-electron chi connectivity index (χ4n) is 1.19. The van der Waals surface area contributed by atoms with Gasteiger partial charge in [0.25, 0.3) is 0 Å². The normalized spacial score (nSPS) is 16.9. The van der Waals surface area contributed by atoms with Gasteiger partial charge in [0, 0.05) is 30.8 Å². The van der Waals surface area contributed by atoms with Gasteiger partial charge in [0.1, 0.15) is 3.70 Å². The maximum absolute atomic E-state index is 4.12. The van der Waals surface area contributed by atoms with E-state index in [1.807, 2.05) is 0 Å². The van der Waals surface area contributed by atoms with E-state index in [1.165, 1.54) is 11.3 Å². The molecule has 1 aromatic heterocycles. The summed E-state index contributed by atoms with van der Waals surface area (Å²) in [6.45, 7) is 2.05. The van der Waals surface area contributed by atoms with Crippen molar-refractivity contribution in [2.45, 2.75) is 13.0 Å². The maximum Gasteiger partial charge on any atom is 0.127 e. The highest BCUT2D eigenvalue weighted by Gasteiger charge is 2.13. The van der Waals surface area contributed by atoms with Crippen LogP contribution < -0.4 is 5.32 Å². The molecular formula is C6H8IN3.